The summed E-state index contributed by atoms with van der Waals surface area (Å²) >= 11 is 0. The molecule has 3 aromatic rings. The summed E-state index contributed by atoms with van der Waals surface area (Å²) < 4.78 is 5.22. The summed E-state index contributed by atoms with van der Waals surface area (Å²) in [5, 5.41) is 0. The molecule has 3 heterocycles. The summed E-state index contributed by atoms with van der Waals surface area (Å²) in [5.74, 6) is 2.08. The van der Waals surface area contributed by atoms with Gasteiger partial charge in [-0.3, -0.25) is 4.79 Å². The van der Waals surface area contributed by atoms with Crippen molar-refractivity contribution in [3.8, 4) is 17.3 Å². The molecule has 7 nitrogen and oxygen atoms in total. The number of aromatic nitrogens is 3. The van der Waals surface area contributed by atoms with Gasteiger partial charge in [-0.2, -0.15) is 0 Å². The Morgan fingerprint density at radius 2 is 1.89 bits per heavy atom. The van der Waals surface area contributed by atoms with Crippen LogP contribution in [0.3, 0.4) is 0 Å². The second-order valence-electron chi connectivity index (χ2n) is 6.72. The lowest BCUT2D eigenvalue weighted by Gasteiger charge is -2.34. The number of carbonyl (C=O) groups is 1. The lowest BCUT2D eigenvalue weighted by atomic mass is 10.1. The maximum absolute atomic E-state index is 12.5. The molecule has 0 bridgehead atoms. The molecular formula is C21H21N5O2. The summed E-state index contributed by atoms with van der Waals surface area (Å²) in [7, 11) is 3.39. The third-order valence-corrected chi connectivity index (χ3v) is 4.76. The van der Waals surface area contributed by atoms with E-state index in [1.54, 1.807) is 25.3 Å². The molecule has 0 aliphatic carbocycles. The minimum absolute atomic E-state index is 0.00559. The topological polar surface area (TPSA) is 71.5 Å². The Bertz CT molecular complexity index is 1020. The monoisotopic (exact) mass is 375 g/mol. The van der Waals surface area contributed by atoms with E-state index in [-0.39, 0.29) is 12.5 Å². The van der Waals surface area contributed by atoms with Crippen LogP contribution in [0.4, 0.5) is 11.5 Å². The van der Waals surface area contributed by atoms with E-state index in [2.05, 4.69) is 9.97 Å². The van der Waals surface area contributed by atoms with Crippen molar-refractivity contribution in [1.82, 2.24) is 15.0 Å². The van der Waals surface area contributed by atoms with Crippen LogP contribution in [0.15, 0.2) is 48.7 Å². The van der Waals surface area contributed by atoms with Gasteiger partial charge in [0, 0.05) is 19.3 Å². The second kappa shape index (κ2) is 7.26. The molecule has 0 unspecified atom stereocenters. The lowest BCUT2D eigenvalue weighted by Crippen LogP contribution is -2.44. The molecule has 1 aromatic carbocycles. The standard InChI is InChI=1S/C21H21N5O2/c1-14-5-4-6-17(23-14)20-22-11-18-21(24-20)26(13-19(27)25(18)2)12-15-7-9-16(28-3)10-8-15/h4-11H,12-13H2,1-3H3. The van der Waals surface area contributed by atoms with Gasteiger partial charge < -0.3 is 14.5 Å². The summed E-state index contributed by atoms with van der Waals surface area (Å²) in [6, 6.07) is 13.6. The van der Waals surface area contributed by atoms with E-state index in [4.69, 9.17) is 9.72 Å². The molecule has 0 atom stereocenters. The predicted octanol–water partition coefficient (Wildman–Crippen LogP) is 2.84. The molecule has 1 aliphatic heterocycles. The number of hydrogen-bond acceptors (Lipinski definition) is 6. The number of pyridine rings is 1. The van der Waals surface area contributed by atoms with E-state index < -0.39 is 0 Å². The number of ether oxygens (including phenoxy) is 1. The van der Waals surface area contributed by atoms with Crippen molar-refractivity contribution in [3.05, 3.63) is 59.9 Å². The Hall–Kier alpha value is -3.48. The molecule has 0 radical (unpaired) electrons. The Morgan fingerprint density at radius 3 is 2.61 bits per heavy atom. The number of aryl methyl sites for hydroxylation is 1. The molecule has 1 amide bonds. The van der Waals surface area contributed by atoms with E-state index in [9.17, 15) is 4.79 Å². The van der Waals surface area contributed by atoms with E-state index in [0.29, 0.717) is 23.8 Å². The highest BCUT2D eigenvalue weighted by Gasteiger charge is 2.29. The highest BCUT2D eigenvalue weighted by atomic mass is 16.5. The first-order valence-electron chi connectivity index (χ1n) is 9.00. The van der Waals surface area contributed by atoms with Crippen molar-refractivity contribution < 1.29 is 9.53 Å². The summed E-state index contributed by atoms with van der Waals surface area (Å²) in [4.78, 5) is 29.7. The van der Waals surface area contributed by atoms with Crippen LogP contribution in [-0.2, 0) is 11.3 Å². The molecular weight excluding hydrogens is 354 g/mol. The van der Waals surface area contributed by atoms with Gasteiger partial charge in [-0.05, 0) is 36.8 Å². The number of fused-ring (bicyclic) bond motifs is 1. The molecule has 0 N–H and O–H groups in total. The second-order valence-corrected chi connectivity index (χ2v) is 6.72. The fraction of sp³-hybridized carbons (Fsp3) is 0.238. The van der Waals surface area contributed by atoms with Gasteiger partial charge in [-0.15, -0.1) is 0 Å². The zero-order chi connectivity index (χ0) is 19.7. The molecule has 0 saturated heterocycles. The number of likely N-dealkylation sites (N-methyl/N-ethyl adjacent to an activating group) is 1. The first-order valence-corrected chi connectivity index (χ1v) is 9.00. The fourth-order valence-electron chi connectivity index (χ4n) is 3.19. The molecule has 1 aliphatic rings. The number of carbonyl (C=O) groups excluding carboxylic acids is 1. The van der Waals surface area contributed by atoms with Crippen LogP contribution in [-0.4, -0.2) is 41.6 Å². The van der Waals surface area contributed by atoms with Gasteiger partial charge in [0.25, 0.3) is 0 Å². The van der Waals surface area contributed by atoms with Crippen LogP contribution in [0.1, 0.15) is 11.3 Å². The molecule has 28 heavy (non-hydrogen) atoms. The van der Waals surface area contributed by atoms with Gasteiger partial charge in [-0.25, -0.2) is 15.0 Å². The van der Waals surface area contributed by atoms with Crippen molar-refractivity contribution in [2.75, 3.05) is 30.5 Å². The number of nitrogens with zero attached hydrogens (tertiary/aromatic N) is 5. The smallest absolute Gasteiger partial charge is 0.246 e. The van der Waals surface area contributed by atoms with Gasteiger partial charge in [0.2, 0.25) is 5.91 Å². The van der Waals surface area contributed by atoms with Crippen LogP contribution < -0.4 is 14.5 Å². The zero-order valence-corrected chi connectivity index (χ0v) is 16.1. The average Bonchev–Trinajstić information content (AvgIpc) is 2.72. The first kappa shape index (κ1) is 17.9. The maximum atomic E-state index is 12.5. The number of benzene rings is 1. The normalized spacial score (nSPS) is 13.5. The number of hydrogen-bond donors (Lipinski definition) is 0. The molecule has 142 valence electrons. The first-order chi connectivity index (χ1) is 13.5. The quantitative estimate of drug-likeness (QED) is 0.698. The Labute approximate surface area is 163 Å². The third kappa shape index (κ3) is 3.38. The van der Waals surface area contributed by atoms with E-state index in [0.717, 1.165) is 22.8 Å². The Morgan fingerprint density at radius 1 is 1.11 bits per heavy atom. The molecule has 7 heteroatoms. The fourth-order valence-corrected chi connectivity index (χ4v) is 3.19. The molecule has 0 saturated carbocycles. The van der Waals surface area contributed by atoms with Crippen LogP contribution >= 0.6 is 0 Å². The highest BCUT2D eigenvalue weighted by molar-refractivity contribution is 6.01. The maximum Gasteiger partial charge on any atom is 0.246 e. The SMILES string of the molecule is COc1ccc(CN2CC(=O)N(C)c3cnc(-c4cccc(C)n4)nc32)cc1. The molecule has 0 fully saturated rings. The van der Waals surface area contributed by atoms with E-state index in [1.807, 2.05) is 54.3 Å². The molecule has 0 spiro atoms. The van der Waals surface area contributed by atoms with Gasteiger partial charge in [0.05, 0.1) is 19.9 Å². The van der Waals surface area contributed by atoms with Gasteiger partial charge >= 0.3 is 0 Å². The summed E-state index contributed by atoms with van der Waals surface area (Å²) in [5.41, 5.74) is 3.38. The lowest BCUT2D eigenvalue weighted by molar-refractivity contribution is -0.117. The number of methoxy groups -OCH3 is 1. The zero-order valence-electron chi connectivity index (χ0n) is 16.1. The number of amides is 1. The highest BCUT2D eigenvalue weighted by Crippen LogP contribution is 2.33. The van der Waals surface area contributed by atoms with Crippen molar-refractivity contribution in [3.63, 3.8) is 0 Å². The number of anilines is 2. The molecule has 4 rings (SSSR count). The Balaban J connectivity index is 1.72. The van der Waals surface area contributed by atoms with Crippen LogP contribution in [0, 0.1) is 6.92 Å². The summed E-state index contributed by atoms with van der Waals surface area (Å²) in [6.07, 6.45) is 1.69. The van der Waals surface area contributed by atoms with Crippen molar-refractivity contribution in [1.29, 1.82) is 0 Å². The van der Waals surface area contributed by atoms with Crippen molar-refractivity contribution in [2.24, 2.45) is 0 Å². The largest absolute Gasteiger partial charge is 0.497 e. The van der Waals surface area contributed by atoms with E-state index in [1.165, 1.54) is 0 Å². The van der Waals surface area contributed by atoms with Gasteiger partial charge in [0.1, 0.15) is 17.1 Å². The predicted molar refractivity (Wildman–Crippen MR) is 107 cm³/mol. The van der Waals surface area contributed by atoms with Crippen molar-refractivity contribution in [2.45, 2.75) is 13.5 Å². The Kier molecular flexibility index (Phi) is 4.65. The van der Waals surface area contributed by atoms with Gasteiger partial charge in [0.15, 0.2) is 11.6 Å². The van der Waals surface area contributed by atoms with Crippen LogP contribution in [0.25, 0.3) is 11.5 Å². The van der Waals surface area contributed by atoms with Gasteiger partial charge in [-0.1, -0.05) is 18.2 Å². The minimum atomic E-state index is 0.00559. The minimum Gasteiger partial charge on any atom is -0.497 e. The summed E-state index contributed by atoms with van der Waals surface area (Å²) in [6.45, 7) is 2.76. The van der Waals surface area contributed by atoms with Crippen LogP contribution in [0.2, 0.25) is 0 Å². The third-order valence-electron chi connectivity index (χ3n) is 4.76. The number of rotatable bonds is 4. The molecule has 2 aromatic heterocycles. The van der Waals surface area contributed by atoms with Crippen molar-refractivity contribution >= 4 is 17.4 Å². The average molecular weight is 375 g/mol. The van der Waals surface area contributed by atoms with E-state index >= 15 is 0 Å². The van der Waals surface area contributed by atoms with Crippen LogP contribution in [0.5, 0.6) is 5.75 Å².